The fourth-order valence-corrected chi connectivity index (χ4v) is 6.00. The van der Waals surface area contributed by atoms with Crippen molar-refractivity contribution in [1.29, 1.82) is 0 Å². The molecule has 0 bridgehead atoms. The average Bonchev–Trinajstić information content (AvgIpc) is 2.96. The summed E-state index contributed by atoms with van der Waals surface area (Å²) in [6.45, 7) is 7.42. The van der Waals surface area contributed by atoms with E-state index in [0.29, 0.717) is 29.9 Å². The third-order valence-corrected chi connectivity index (χ3v) is 7.71. The van der Waals surface area contributed by atoms with Crippen molar-refractivity contribution >= 4 is 5.97 Å². The van der Waals surface area contributed by atoms with E-state index in [9.17, 15) is 4.79 Å². The molecule has 2 N–H and O–H groups in total. The van der Waals surface area contributed by atoms with Crippen LogP contribution in [0.2, 0.25) is 0 Å². The predicted octanol–water partition coefficient (Wildman–Crippen LogP) is 5.48. The van der Waals surface area contributed by atoms with Gasteiger partial charge < -0.3 is 14.2 Å². The lowest BCUT2D eigenvalue weighted by Crippen LogP contribution is -2.53. The lowest BCUT2D eigenvalue weighted by molar-refractivity contribution is -0.278. The highest BCUT2D eigenvalue weighted by molar-refractivity contribution is 5.89. The zero-order valence-corrected chi connectivity index (χ0v) is 19.0. The molecule has 1 aliphatic carbocycles. The fraction of sp³-hybridized carbons (Fsp3) is 0.720. The molecule has 31 heavy (non-hydrogen) atoms. The Morgan fingerprint density at radius 3 is 2.45 bits per heavy atom. The lowest BCUT2D eigenvalue weighted by atomic mass is 9.60. The number of rotatable bonds is 5. The van der Waals surface area contributed by atoms with Crippen molar-refractivity contribution in [2.75, 3.05) is 6.61 Å². The number of hydrogen-bond acceptors (Lipinski definition) is 6. The first-order chi connectivity index (χ1) is 15.0. The minimum absolute atomic E-state index is 0.0571. The summed E-state index contributed by atoms with van der Waals surface area (Å²) in [5, 5.41) is 12.0. The standard InChI is InChI=1S/C25H36O4.H2O2/c1-16-11-13-21-18(3)22(29-25-23(21)20(16)14-12-17(2)28-25)10-7-15-27-24(26)19-8-5-4-6-9-19;1-2/h4-6,8-9,16-18,20-23,25H,7,10-15H2,1-3H3;1-2H/t16-,17+,18-,20+,21+,22-,23?,25?;/m1./s1. The van der Waals surface area contributed by atoms with Crippen molar-refractivity contribution in [2.24, 2.45) is 29.6 Å². The second kappa shape index (κ2) is 11.4. The van der Waals surface area contributed by atoms with Crippen molar-refractivity contribution in [3.63, 3.8) is 0 Å². The number of ether oxygens (including phenoxy) is 3. The van der Waals surface area contributed by atoms with Crippen LogP contribution in [0.25, 0.3) is 0 Å². The monoisotopic (exact) mass is 434 g/mol. The lowest BCUT2D eigenvalue weighted by Gasteiger charge is -2.52. The first kappa shape index (κ1) is 24.2. The summed E-state index contributed by atoms with van der Waals surface area (Å²) in [6, 6.07) is 9.20. The highest BCUT2D eigenvalue weighted by atomic mass is 17.0. The molecule has 3 fully saturated rings. The molecule has 6 nitrogen and oxygen atoms in total. The number of carbonyl (C=O) groups excluding carboxylic acids is 1. The largest absolute Gasteiger partial charge is 0.462 e. The Hall–Kier alpha value is -1.47. The smallest absolute Gasteiger partial charge is 0.338 e. The van der Waals surface area contributed by atoms with Gasteiger partial charge in [0.15, 0.2) is 6.29 Å². The molecule has 0 amide bonds. The Morgan fingerprint density at radius 2 is 1.71 bits per heavy atom. The third-order valence-electron chi connectivity index (χ3n) is 7.71. The van der Waals surface area contributed by atoms with Crippen LogP contribution < -0.4 is 0 Å². The third kappa shape index (κ3) is 5.67. The maximum atomic E-state index is 12.1. The SMILES string of the molecule is C[C@@H]1[C@@H]2CC[C@@H](C)[C@@H]3CC[C@H](C)OC(O[C@@H]1CCCOC(=O)c1ccccc1)C23.OO. The maximum Gasteiger partial charge on any atom is 0.338 e. The molecule has 2 heterocycles. The summed E-state index contributed by atoms with van der Waals surface area (Å²) in [5.41, 5.74) is 0.612. The van der Waals surface area contributed by atoms with E-state index < -0.39 is 0 Å². The molecule has 2 saturated heterocycles. The van der Waals surface area contributed by atoms with Gasteiger partial charge in [0.25, 0.3) is 0 Å². The zero-order valence-electron chi connectivity index (χ0n) is 19.0. The van der Waals surface area contributed by atoms with Gasteiger partial charge in [0.2, 0.25) is 0 Å². The van der Waals surface area contributed by atoms with Gasteiger partial charge in [0, 0.05) is 5.92 Å². The van der Waals surface area contributed by atoms with Gasteiger partial charge in [0.05, 0.1) is 24.4 Å². The van der Waals surface area contributed by atoms with E-state index in [1.807, 2.05) is 18.2 Å². The van der Waals surface area contributed by atoms with Crippen LogP contribution in [-0.4, -0.2) is 41.6 Å². The molecule has 1 aromatic rings. The molecular formula is C25H38O6. The molecule has 6 heteroatoms. The minimum atomic E-state index is -0.242. The highest BCUT2D eigenvalue weighted by Crippen LogP contribution is 2.52. The summed E-state index contributed by atoms with van der Waals surface area (Å²) < 4.78 is 18.4. The van der Waals surface area contributed by atoms with Gasteiger partial charge in [-0.25, -0.2) is 4.79 Å². The van der Waals surface area contributed by atoms with Gasteiger partial charge >= 0.3 is 5.97 Å². The summed E-state index contributed by atoms with van der Waals surface area (Å²) in [7, 11) is 0. The summed E-state index contributed by atoms with van der Waals surface area (Å²) >= 11 is 0. The Balaban J connectivity index is 0.00000132. The number of benzene rings is 1. The van der Waals surface area contributed by atoms with Crippen LogP contribution in [0.1, 0.15) is 69.7 Å². The topological polar surface area (TPSA) is 85.2 Å². The van der Waals surface area contributed by atoms with Crippen molar-refractivity contribution in [3.8, 4) is 0 Å². The van der Waals surface area contributed by atoms with Crippen LogP contribution in [0.5, 0.6) is 0 Å². The van der Waals surface area contributed by atoms with E-state index in [1.54, 1.807) is 12.1 Å². The zero-order chi connectivity index (χ0) is 22.4. The summed E-state index contributed by atoms with van der Waals surface area (Å²) in [5.74, 6) is 3.04. The number of carbonyl (C=O) groups is 1. The van der Waals surface area contributed by atoms with E-state index in [0.717, 1.165) is 31.1 Å². The molecule has 2 aliphatic heterocycles. The van der Waals surface area contributed by atoms with E-state index in [2.05, 4.69) is 20.8 Å². The van der Waals surface area contributed by atoms with E-state index in [-0.39, 0.29) is 24.5 Å². The predicted molar refractivity (Wildman–Crippen MR) is 118 cm³/mol. The minimum Gasteiger partial charge on any atom is -0.462 e. The summed E-state index contributed by atoms with van der Waals surface area (Å²) in [6.07, 6.45) is 7.20. The molecule has 4 rings (SSSR count). The summed E-state index contributed by atoms with van der Waals surface area (Å²) in [4.78, 5) is 12.1. The highest BCUT2D eigenvalue weighted by Gasteiger charge is 2.51. The van der Waals surface area contributed by atoms with E-state index >= 15 is 0 Å². The van der Waals surface area contributed by atoms with Gasteiger partial charge in [-0.05, 0) is 74.8 Å². The van der Waals surface area contributed by atoms with Crippen molar-refractivity contribution in [1.82, 2.24) is 0 Å². The van der Waals surface area contributed by atoms with Crippen LogP contribution in [0.3, 0.4) is 0 Å². The molecule has 2 unspecified atom stereocenters. The molecule has 1 aromatic carbocycles. The molecular weight excluding hydrogens is 396 g/mol. The van der Waals surface area contributed by atoms with Crippen LogP contribution in [0.15, 0.2) is 30.3 Å². The van der Waals surface area contributed by atoms with Crippen LogP contribution in [0.4, 0.5) is 0 Å². The Morgan fingerprint density at radius 1 is 1.00 bits per heavy atom. The van der Waals surface area contributed by atoms with Gasteiger partial charge in [-0.2, -0.15) is 0 Å². The molecule has 0 spiro atoms. The van der Waals surface area contributed by atoms with E-state index in [1.165, 1.54) is 19.3 Å². The van der Waals surface area contributed by atoms with Crippen LogP contribution in [0, 0.1) is 29.6 Å². The van der Waals surface area contributed by atoms with Crippen molar-refractivity contribution < 1.29 is 29.5 Å². The van der Waals surface area contributed by atoms with Crippen molar-refractivity contribution in [3.05, 3.63) is 35.9 Å². The fourth-order valence-electron chi connectivity index (χ4n) is 6.00. The van der Waals surface area contributed by atoms with Gasteiger partial charge in [-0.15, -0.1) is 0 Å². The molecule has 0 radical (unpaired) electrons. The number of esters is 1. The quantitative estimate of drug-likeness (QED) is 0.276. The van der Waals surface area contributed by atoms with Crippen molar-refractivity contribution in [2.45, 2.75) is 77.8 Å². The van der Waals surface area contributed by atoms with E-state index in [4.69, 9.17) is 24.7 Å². The number of hydrogen-bond donors (Lipinski definition) is 2. The van der Waals surface area contributed by atoms with Gasteiger partial charge in [0.1, 0.15) is 0 Å². The Labute approximate surface area is 185 Å². The molecule has 1 saturated carbocycles. The molecule has 0 aromatic heterocycles. The Kier molecular flexibility index (Phi) is 8.90. The first-order valence-electron chi connectivity index (χ1n) is 11.8. The van der Waals surface area contributed by atoms with Crippen LogP contribution in [-0.2, 0) is 14.2 Å². The molecule has 174 valence electrons. The first-order valence-corrected chi connectivity index (χ1v) is 11.8. The molecule has 3 aliphatic rings. The second-order valence-electron chi connectivity index (χ2n) is 9.53. The van der Waals surface area contributed by atoms with Gasteiger partial charge in [-0.1, -0.05) is 38.5 Å². The Bertz CT molecular complexity index is 680. The van der Waals surface area contributed by atoms with Crippen LogP contribution >= 0.6 is 0 Å². The average molecular weight is 435 g/mol. The van der Waals surface area contributed by atoms with Gasteiger partial charge in [-0.3, -0.25) is 10.5 Å². The molecule has 8 atom stereocenters. The normalized spacial score (nSPS) is 36.9. The maximum absolute atomic E-state index is 12.1. The second-order valence-corrected chi connectivity index (χ2v) is 9.53.